The lowest BCUT2D eigenvalue weighted by molar-refractivity contribution is -0.181. The monoisotopic (exact) mass is 260 g/mol. The summed E-state index contributed by atoms with van der Waals surface area (Å²) in [7, 11) is 0. The largest absolute Gasteiger partial charge is 0.465 e. The highest BCUT2D eigenvalue weighted by molar-refractivity contribution is 6.00. The summed E-state index contributed by atoms with van der Waals surface area (Å²) in [5.41, 5.74) is -1.37. The van der Waals surface area contributed by atoms with Crippen molar-refractivity contribution in [2.24, 2.45) is 11.3 Å². The summed E-state index contributed by atoms with van der Waals surface area (Å²) < 4.78 is 15.3. The molecule has 0 aliphatic rings. The van der Waals surface area contributed by atoms with Gasteiger partial charge in [-0.3, -0.25) is 9.59 Å². The Morgan fingerprint density at radius 2 is 1.39 bits per heavy atom. The topological polar surface area (TPSA) is 61.8 Å². The second kappa shape index (κ2) is 8.08. The van der Waals surface area contributed by atoms with E-state index in [-0.39, 0.29) is 25.7 Å². The van der Waals surface area contributed by atoms with Gasteiger partial charge in [0.1, 0.15) is 0 Å². The summed E-state index contributed by atoms with van der Waals surface area (Å²) in [6.07, 6.45) is 0. The van der Waals surface area contributed by atoms with Gasteiger partial charge in [0.2, 0.25) is 0 Å². The first-order valence-corrected chi connectivity index (χ1v) is 6.39. The minimum atomic E-state index is -1.37. The number of carbonyl (C=O) groups excluding carboxylic acids is 2. The first kappa shape index (κ1) is 16.9. The molecule has 18 heavy (non-hydrogen) atoms. The van der Waals surface area contributed by atoms with Crippen LogP contribution in [-0.4, -0.2) is 38.4 Å². The smallest absolute Gasteiger partial charge is 0.326 e. The SMILES string of the molecule is CCOCC(C(=O)OCC)(C(=O)OCC)C(C)C. The van der Waals surface area contributed by atoms with E-state index in [1.54, 1.807) is 34.6 Å². The molecule has 0 unspecified atom stereocenters. The first-order valence-electron chi connectivity index (χ1n) is 6.39. The van der Waals surface area contributed by atoms with Crippen LogP contribution in [0.3, 0.4) is 0 Å². The fourth-order valence-corrected chi connectivity index (χ4v) is 1.62. The summed E-state index contributed by atoms with van der Waals surface area (Å²) in [4.78, 5) is 24.3. The van der Waals surface area contributed by atoms with E-state index in [0.717, 1.165) is 0 Å². The quantitative estimate of drug-likeness (QED) is 0.492. The van der Waals surface area contributed by atoms with Crippen molar-refractivity contribution >= 4 is 11.9 Å². The van der Waals surface area contributed by atoms with Crippen LogP contribution in [0.5, 0.6) is 0 Å². The Bertz CT molecular complexity index is 255. The van der Waals surface area contributed by atoms with Crippen molar-refractivity contribution in [2.45, 2.75) is 34.6 Å². The Kier molecular flexibility index (Phi) is 7.59. The third-order valence-corrected chi connectivity index (χ3v) is 2.80. The molecule has 0 aromatic carbocycles. The number of hydrogen-bond acceptors (Lipinski definition) is 5. The highest BCUT2D eigenvalue weighted by Crippen LogP contribution is 2.32. The highest BCUT2D eigenvalue weighted by atomic mass is 16.6. The lowest BCUT2D eigenvalue weighted by Crippen LogP contribution is -2.49. The molecule has 0 radical (unpaired) electrons. The molecule has 0 amide bonds. The maximum Gasteiger partial charge on any atom is 0.326 e. The predicted molar refractivity (Wildman–Crippen MR) is 67.0 cm³/mol. The van der Waals surface area contributed by atoms with Crippen LogP contribution < -0.4 is 0 Å². The van der Waals surface area contributed by atoms with Crippen LogP contribution in [0.1, 0.15) is 34.6 Å². The molecule has 106 valence electrons. The fourth-order valence-electron chi connectivity index (χ4n) is 1.62. The summed E-state index contributed by atoms with van der Waals surface area (Å²) in [5, 5.41) is 0. The fraction of sp³-hybridized carbons (Fsp3) is 0.846. The Labute approximate surface area is 109 Å². The average molecular weight is 260 g/mol. The van der Waals surface area contributed by atoms with Crippen LogP contribution in [0.25, 0.3) is 0 Å². The van der Waals surface area contributed by atoms with Gasteiger partial charge in [0.15, 0.2) is 5.41 Å². The lowest BCUT2D eigenvalue weighted by atomic mass is 9.77. The minimum absolute atomic E-state index is 0.0150. The summed E-state index contributed by atoms with van der Waals surface area (Å²) in [6.45, 7) is 9.63. The molecule has 0 aliphatic heterocycles. The van der Waals surface area contributed by atoms with Crippen molar-refractivity contribution in [3.05, 3.63) is 0 Å². The zero-order valence-corrected chi connectivity index (χ0v) is 11.9. The molecule has 0 rings (SSSR count). The summed E-state index contributed by atoms with van der Waals surface area (Å²) in [6, 6.07) is 0. The third-order valence-electron chi connectivity index (χ3n) is 2.80. The van der Waals surface area contributed by atoms with Gasteiger partial charge in [-0.05, 0) is 26.7 Å². The molecule has 0 aliphatic carbocycles. The van der Waals surface area contributed by atoms with Gasteiger partial charge in [-0.1, -0.05) is 13.8 Å². The molecule has 0 aromatic rings. The maximum atomic E-state index is 12.1. The van der Waals surface area contributed by atoms with Crippen molar-refractivity contribution < 1.29 is 23.8 Å². The van der Waals surface area contributed by atoms with Gasteiger partial charge < -0.3 is 14.2 Å². The van der Waals surface area contributed by atoms with Gasteiger partial charge in [0, 0.05) is 6.61 Å². The van der Waals surface area contributed by atoms with Gasteiger partial charge in [-0.2, -0.15) is 0 Å². The van der Waals surface area contributed by atoms with Gasteiger partial charge in [-0.15, -0.1) is 0 Å². The minimum Gasteiger partial charge on any atom is -0.465 e. The van der Waals surface area contributed by atoms with Crippen LogP contribution in [0, 0.1) is 11.3 Å². The second-order valence-corrected chi connectivity index (χ2v) is 4.20. The van der Waals surface area contributed by atoms with Crippen LogP contribution in [0.4, 0.5) is 0 Å². The zero-order chi connectivity index (χ0) is 14.2. The van der Waals surface area contributed by atoms with Crippen LogP contribution >= 0.6 is 0 Å². The van der Waals surface area contributed by atoms with Crippen molar-refractivity contribution in [3.8, 4) is 0 Å². The third kappa shape index (κ3) is 3.70. The molecule has 0 atom stereocenters. The normalized spacial score (nSPS) is 11.4. The Morgan fingerprint density at radius 1 is 0.944 bits per heavy atom. The lowest BCUT2D eigenvalue weighted by Gasteiger charge is -2.32. The molecule has 0 fully saturated rings. The van der Waals surface area contributed by atoms with Gasteiger partial charge >= 0.3 is 11.9 Å². The molecule has 0 spiro atoms. The number of rotatable bonds is 8. The van der Waals surface area contributed by atoms with Crippen molar-refractivity contribution in [2.75, 3.05) is 26.4 Å². The van der Waals surface area contributed by atoms with Gasteiger partial charge in [0.25, 0.3) is 0 Å². The standard InChI is InChI=1S/C13H24O5/c1-6-16-9-13(10(4)5,11(14)17-7-2)12(15)18-8-3/h10H,6-9H2,1-5H3. The van der Waals surface area contributed by atoms with Gasteiger partial charge in [-0.25, -0.2) is 0 Å². The molecule has 0 heterocycles. The first-order chi connectivity index (χ1) is 8.47. The number of esters is 2. The second-order valence-electron chi connectivity index (χ2n) is 4.20. The van der Waals surface area contributed by atoms with Crippen molar-refractivity contribution in [1.82, 2.24) is 0 Å². The molecule has 5 nitrogen and oxygen atoms in total. The molecule has 0 saturated heterocycles. The average Bonchev–Trinajstić information content (AvgIpc) is 2.30. The van der Waals surface area contributed by atoms with Crippen LogP contribution in [0.2, 0.25) is 0 Å². The van der Waals surface area contributed by atoms with E-state index in [2.05, 4.69) is 0 Å². The molecule has 0 N–H and O–H groups in total. The Balaban J connectivity index is 5.27. The Hall–Kier alpha value is -1.10. The van der Waals surface area contributed by atoms with E-state index < -0.39 is 17.4 Å². The van der Waals surface area contributed by atoms with E-state index >= 15 is 0 Å². The number of ether oxygens (including phenoxy) is 3. The zero-order valence-electron chi connectivity index (χ0n) is 11.9. The highest BCUT2D eigenvalue weighted by Gasteiger charge is 2.52. The van der Waals surface area contributed by atoms with Gasteiger partial charge in [0.05, 0.1) is 19.8 Å². The molecular formula is C13H24O5. The van der Waals surface area contributed by atoms with E-state index in [4.69, 9.17) is 14.2 Å². The van der Waals surface area contributed by atoms with Crippen LogP contribution in [-0.2, 0) is 23.8 Å². The Morgan fingerprint density at radius 3 is 1.67 bits per heavy atom. The summed E-state index contributed by atoms with van der Waals surface area (Å²) in [5.74, 6) is -1.42. The molecule has 0 saturated carbocycles. The molecule has 0 aromatic heterocycles. The van der Waals surface area contributed by atoms with E-state index in [1.165, 1.54) is 0 Å². The predicted octanol–water partition coefficient (Wildman–Crippen LogP) is 1.79. The molecule has 0 bridgehead atoms. The number of hydrogen-bond donors (Lipinski definition) is 0. The van der Waals surface area contributed by atoms with Crippen LogP contribution in [0.15, 0.2) is 0 Å². The van der Waals surface area contributed by atoms with Crippen molar-refractivity contribution in [3.63, 3.8) is 0 Å². The van der Waals surface area contributed by atoms with E-state index in [1.807, 2.05) is 0 Å². The molecule has 5 heteroatoms. The summed E-state index contributed by atoms with van der Waals surface area (Å²) >= 11 is 0. The van der Waals surface area contributed by atoms with E-state index in [0.29, 0.717) is 6.61 Å². The number of carbonyl (C=O) groups is 2. The van der Waals surface area contributed by atoms with E-state index in [9.17, 15) is 9.59 Å². The van der Waals surface area contributed by atoms with Crippen molar-refractivity contribution in [1.29, 1.82) is 0 Å². The molecular weight excluding hydrogens is 236 g/mol. The maximum absolute atomic E-state index is 12.1.